The van der Waals surface area contributed by atoms with Gasteiger partial charge in [-0.2, -0.15) is 5.26 Å². The predicted molar refractivity (Wildman–Crippen MR) is 106 cm³/mol. The van der Waals surface area contributed by atoms with Crippen LogP contribution in [0.2, 0.25) is 0 Å². The highest BCUT2D eigenvalue weighted by Crippen LogP contribution is 2.37. The summed E-state index contributed by atoms with van der Waals surface area (Å²) in [6.07, 6.45) is 0.310. The monoisotopic (exact) mass is 370 g/mol. The van der Waals surface area contributed by atoms with Crippen molar-refractivity contribution in [3.63, 3.8) is 0 Å². The zero-order valence-corrected chi connectivity index (χ0v) is 17.4. The van der Waals surface area contributed by atoms with Crippen LogP contribution in [0.4, 0.5) is 10.5 Å². The molecule has 27 heavy (non-hydrogen) atoms. The third-order valence-electron chi connectivity index (χ3n) is 4.96. The Morgan fingerprint density at radius 1 is 1.26 bits per heavy atom. The largest absolute Gasteiger partial charge is 0.326 e. The molecule has 1 fully saturated rings. The Kier molecular flexibility index (Phi) is 5.84. The van der Waals surface area contributed by atoms with Crippen LogP contribution >= 0.6 is 0 Å². The molecule has 2 rings (SSSR count). The van der Waals surface area contributed by atoms with Crippen LogP contribution < -0.4 is 4.90 Å². The SMILES string of the molecule is CC(C)C[C@H]1C(=O)N(C)[C@@H](C(C)(C)C)N1C(=O)N(C)c1ccc(C#N)cc1. The van der Waals surface area contributed by atoms with Gasteiger partial charge in [0.2, 0.25) is 5.91 Å². The van der Waals surface area contributed by atoms with Gasteiger partial charge in [-0.15, -0.1) is 0 Å². The quantitative estimate of drug-likeness (QED) is 0.815. The van der Waals surface area contributed by atoms with Crippen molar-refractivity contribution in [2.45, 2.75) is 53.2 Å². The molecule has 0 saturated carbocycles. The summed E-state index contributed by atoms with van der Waals surface area (Å²) in [4.78, 5) is 31.4. The van der Waals surface area contributed by atoms with Crippen molar-refractivity contribution in [2.75, 3.05) is 19.0 Å². The molecule has 0 spiro atoms. The number of hydrogen-bond donors (Lipinski definition) is 0. The van der Waals surface area contributed by atoms with Crippen molar-refractivity contribution in [2.24, 2.45) is 11.3 Å². The first kappa shape index (κ1) is 20.8. The Labute approximate surface area is 162 Å². The van der Waals surface area contributed by atoms with Crippen molar-refractivity contribution in [1.29, 1.82) is 5.26 Å². The lowest BCUT2D eigenvalue weighted by Gasteiger charge is -2.40. The maximum Gasteiger partial charge on any atom is 0.326 e. The zero-order chi connectivity index (χ0) is 20.5. The Bertz CT molecular complexity index is 743. The molecule has 0 bridgehead atoms. The van der Waals surface area contributed by atoms with E-state index in [2.05, 4.69) is 19.9 Å². The number of carbonyl (C=O) groups is 2. The Balaban J connectivity index is 2.42. The average molecular weight is 370 g/mol. The molecule has 3 amide bonds. The van der Waals surface area contributed by atoms with Gasteiger partial charge in [0.1, 0.15) is 12.2 Å². The lowest BCUT2D eigenvalue weighted by molar-refractivity contribution is -0.130. The number of benzene rings is 1. The summed E-state index contributed by atoms with van der Waals surface area (Å²) in [6.45, 7) is 10.2. The number of carbonyl (C=O) groups excluding carboxylic acids is 2. The summed E-state index contributed by atoms with van der Waals surface area (Å²) in [6, 6.07) is 8.29. The van der Waals surface area contributed by atoms with E-state index < -0.39 is 6.04 Å². The maximum atomic E-state index is 13.4. The number of rotatable bonds is 3. The molecule has 1 saturated heterocycles. The van der Waals surface area contributed by atoms with Crippen LogP contribution in [-0.2, 0) is 4.79 Å². The zero-order valence-electron chi connectivity index (χ0n) is 17.4. The highest BCUT2D eigenvalue weighted by Gasteiger charge is 2.51. The summed E-state index contributed by atoms with van der Waals surface area (Å²) in [7, 11) is 3.49. The number of anilines is 1. The van der Waals surface area contributed by atoms with Gasteiger partial charge in [0.05, 0.1) is 11.6 Å². The number of likely N-dealkylation sites (N-methyl/N-ethyl adjacent to an activating group) is 1. The Hall–Kier alpha value is -2.55. The minimum Gasteiger partial charge on any atom is -0.323 e. The highest BCUT2D eigenvalue weighted by atomic mass is 16.2. The molecule has 0 unspecified atom stereocenters. The van der Waals surface area contributed by atoms with E-state index in [9.17, 15) is 9.59 Å². The molecule has 1 heterocycles. The molecular formula is C21H30N4O2. The summed E-state index contributed by atoms with van der Waals surface area (Å²) in [5.41, 5.74) is 0.954. The van der Waals surface area contributed by atoms with E-state index in [1.165, 1.54) is 0 Å². The number of amides is 3. The Morgan fingerprint density at radius 3 is 2.26 bits per heavy atom. The van der Waals surface area contributed by atoms with Crippen LogP contribution in [-0.4, -0.2) is 48.0 Å². The lowest BCUT2D eigenvalue weighted by atomic mass is 9.91. The van der Waals surface area contributed by atoms with Crippen LogP contribution in [0.1, 0.15) is 46.6 Å². The standard InChI is InChI=1S/C21H30N4O2/c1-14(2)12-17-18(26)24(7)19(21(3,4)5)25(17)20(27)23(6)16-10-8-15(13-22)9-11-16/h8-11,14,17,19H,12H2,1-7H3/t17-,19+/m0/s1. The van der Waals surface area contributed by atoms with Gasteiger partial charge >= 0.3 is 6.03 Å². The van der Waals surface area contributed by atoms with Gasteiger partial charge in [0.25, 0.3) is 0 Å². The predicted octanol–water partition coefficient (Wildman–Crippen LogP) is 3.68. The smallest absolute Gasteiger partial charge is 0.323 e. The number of urea groups is 1. The van der Waals surface area contributed by atoms with Crippen LogP contribution in [0.15, 0.2) is 24.3 Å². The molecule has 0 N–H and O–H groups in total. The molecule has 1 aliphatic rings. The van der Waals surface area contributed by atoms with E-state index in [1.54, 1.807) is 53.1 Å². The van der Waals surface area contributed by atoms with Crippen molar-refractivity contribution in [1.82, 2.24) is 9.80 Å². The van der Waals surface area contributed by atoms with Crippen molar-refractivity contribution in [3.05, 3.63) is 29.8 Å². The van der Waals surface area contributed by atoms with E-state index in [0.29, 0.717) is 23.6 Å². The third-order valence-corrected chi connectivity index (χ3v) is 4.96. The minimum absolute atomic E-state index is 0.00907. The second-order valence-electron chi connectivity index (χ2n) is 8.74. The van der Waals surface area contributed by atoms with Crippen LogP contribution in [0.3, 0.4) is 0 Å². The summed E-state index contributed by atoms with van der Waals surface area (Å²) in [5, 5.41) is 8.97. The normalized spacial score (nSPS) is 20.2. The van der Waals surface area contributed by atoms with Crippen molar-refractivity contribution < 1.29 is 9.59 Å². The van der Waals surface area contributed by atoms with E-state index in [-0.39, 0.29) is 23.5 Å². The molecule has 0 radical (unpaired) electrons. The summed E-state index contributed by atoms with van der Waals surface area (Å²) < 4.78 is 0. The third kappa shape index (κ3) is 4.08. The van der Waals surface area contributed by atoms with Gasteiger partial charge in [-0.05, 0) is 36.6 Å². The van der Waals surface area contributed by atoms with Gasteiger partial charge in [-0.25, -0.2) is 4.79 Å². The first-order chi connectivity index (χ1) is 12.5. The fourth-order valence-electron chi connectivity index (χ4n) is 3.77. The van der Waals surface area contributed by atoms with Crippen molar-refractivity contribution in [3.8, 4) is 6.07 Å². The fraction of sp³-hybridized carbons (Fsp3) is 0.571. The van der Waals surface area contributed by atoms with Crippen LogP contribution in [0, 0.1) is 22.7 Å². The second kappa shape index (κ2) is 7.59. The lowest BCUT2D eigenvalue weighted by Crippen LogP contribution is -2.54. The van der Waals surface area contributed by atoms with Gasteiger partial charge < -0.3 is 4.90 Å². The number of hydrogen-bond acceptors (Lipinski definition) is 3. The van der Waals surface area contributed by atoms with Gasteiger partial charge in [0.15, 0.2) is 0 Å². The van der Waals surface area contributed by atoms with Crippen LogP contribution in [0.25, 0.3) is 0 Å². The summed E-state index contributed by atoms with van der Waals surface area (Å²) in [5.74, 6) is 0.284. The first-order valence-electron chi connectivity index (χ1n) is 9.32. The van der Waals surface area contributed by atoms with Crippen LogP contribution in [0.5, 0.6) is 0 Å². The average Bonchev–Trinajstić information content (AvgIpc) is 2.85. The molecule has 1 aliphatic heterocycles. The molecule has 2 atom stereocenters. The molecule has 1 aromatic carbocycles. The number of nitriles is 1. The van der Waals surface area contributed by atoms with E-state index in [4.69, 9.17) is 5.26 Å². The highest BCUT2D eigenvalue weighted by molar-refractivity contribution is 5.97. The molecular weight excluding hydrogens is 340 g/mol. The van der Waals surface area contributed by atoms with Gasteiger partial charge in [0, 0.05) is 25.2 Å². The fourth-order valence-corrected chi connectivity index (χ4v) is 3.77. The summed E-state index contributed by atoms with van der Waals surface area (Å²) >= 11 is 0. The molecule has 1 aromatic rings. The van der Waals surface area contributed by atoms with E-state index >= 15 is 0 Å². The molecule has 0 aliphatic carbocycles. The molecule has 146 valence electrons. The van der Waals surface area contributed by atoms with Gasteiger partial charge in [-0.1, -0.05) is 34.6 Å². The molecule has 6 nitrogen and oxygen atoms in total. The molecule has 0 aromatic heterocycles. The van der Waals surface area contributed by atoms with Crippen molar-refractivity contribution >= 4 is 17.6 Å². The number of nitrogens with zero attached hydrogens (tertiary/aromatic N) is 4. The first-order valence-corrected chi connectivity index (χ1v) is 9.32. The second-order valence-corrected chi connectivity index (χ2v) is 8.74. The molecule has 6 heteroatoms. The minimum atomic E-state index is -0.465. The van der Waals surface area contributed by atoms with Gasteiger partial charge in [-0.3, -0.25) is 14.6 Å². The van der Waals surface area contributed by atoms with E-state index in [0.717, 1.165) is 0 Å². The topological polar surface area (TPSA) is 67.7 Å². The Morgan fingerprint density at radius 2 is 1.81 bits per heavy atom. The maximum absolute atomic E-state index is 13.4. The van der Waals surface area contributed by atoms with E-state index in [1.807, 2.05) is 20.8 Å².